The summed E-state index contributed by atoms with van der Waals surface area (Å²) in [5.41, 5.74) is 0. The summed E-state index contributed by atoms with van der Waals surface area (Å²) in [6.45, 7) is 23.4. The van der Waals surface area contributed by atoms with Crippen molar-refractivity contribution in [2.24, 2.45) is 11.8 Å². The predicted molar refractivity (Wildman–Crippen MR) is 122 cm³/mol. The second kappa shape index (κ2) is 8.25. The summed E-state index contributed by atoms with van der Waals surface area (Å²) in [5.74, 6) is 0.642. The number of hydrogen-bond donors (Lipinski definition) is 0. The molecule has 1 aliphatic carbocycles. The Balaban J connectivity index is 3.44. The summed E-state index contributed by atoms with van der Waals surface area (Å²) in [7, 11) is -4.41. The lowest BCUT2D eigenvalue weighted by atomic mass is 9.81. The van der Waals surface area contributed by atoms with Crippen LogP contribution in [-0.2, 0) is 9.22 Å². The van der Waals surface area contributed by atoms with Crippen molar-refractivity contribution in [3.05, 3.63) is 0 Å². The van der Waals surface area contributed by atoms with Crippen molar-refractivity contribution < 1.29 is 9.22 Å². The predicted octanol–water partition coefficient (Wildman–Crippen LogP) is 5.98. The molecule has 0 bridgehead atoms. The van der Waals surface area contributed by atoms with E-state index in [9.17, 15) is 4.79 Å². The first kappa shape index (κ1) is 23.5. The second-order valence-electron chi connectivity index (χ2n) is 11.4. The first-order valence-corrected chi connectivity index (χ1v) is 25.7. The van der Waals surface area contributed by atoms with Gasteiger partial charge in [0, 0.05) is 5.92 Å². The largest absolute Gasteiger partial charge is 0.422 e. The Hall–Kier alpha value is 0.498. The highest BCUT2D eigenvalue weighted by Crippen LogP contribution is 2.42. The van der Waals surface area contributed by atoms with Crippen molar-refractivity contribution >= 4 is 35.9 Å². The molecular formula is C19H44O2Si4. The molecule has 0 unspecified atom stereocenters. The van der Waals surface area contributed by atoms with Crippen LogP contribution in [0, 0.1) is 11.8 Å². The lowest BCUT2D eigenvalue weighted by Crippen LogP contribution is -2.85. The Labute approximate surface area is 161 Å². The molecule has 0 aliphatic heterocycles. The van der Waals surface area contributed by atoms with Gasteiger partial charge in [-0.2, -0.15) is 0 Å². The Bertz CT molecular complexity index is 404. The zero-order chi connectivity index (χ0) is 19.7. The molecule has 148 valence electrons. The topological polar surface area (TPSA) is 26.3 Å². The lowest BCUT2D eigenvalue weighted by Gasteiger charge is -2.58. The average molecular weight is 417 g/mol. The summed E-state index contributed by atoms with van der Waals surface area (Å²) in [6.07, 6.45) is 7.87. The molecule has 0 N–H and O–H groups in total. The molecule has 1 saturated carbocycles. The third-order valence-corrected chi connectivity index (χ3v) is 73.9. The molecule has 25 heavy (non-hydrogen) atoms. The minimum atomic E-state index is -1.87. The van der Waals surface area contributed by atoms with Crippen molar-refractivity contribution in [1.29, 1.82) is 0 Å². The van der Waals surface area contributed by atoms with Crippen LogP contribution in [0.3, 0.4) is 0 Å². The fourth-order valence-corrected chi connectivity index (χ4v) is 100. The SMILES string of the molecule is C[C@@H](C=O)[C@@H](O[Si]([Si](C)(C)C)([Si](C)(C)C)[Si](C)(C)C)C1CCCCC1. The van der Waals surface area contributed by atoms with Gasteiger partial charge < -0.3 is 9.22 Å². The fraction of sp³-hybridized carbons (Fsp3) is 0.947. The van der Waals surface area contributed by atoms with Gasteiger partial charge >= 0.3 is 0 Å². The highest BCUT2D eigenvalue weighted by atomic mass is 29.9. The summed E-state index contributed by atoms with van der Waals surface area (Å²) in [5, 5.41) is 0. The minimum Gasteiger partial charge on any atom is -0.422 e. The van der Waals surface area contributed by atoms with Crippen molar-refractivity contribution in [2.45, 2.75) is 104 Å². The molecule has 1 rings (SSSR count). The molecule has 1 aliphatic rings. The van der Waals surface area contributed by atoms with Crippen molar-refractivity contribution in [2.75, 3.05) is 0 Å². The van der Waals surface area contributed by atoms with Crippen LogP contribution in [0.5, 0.6) is 0 Å². The number of aldehydes is 1. The van der Waals surface area contributed by atoms with Gasteiger partial charge in [-0.1, -0.05) is 85.1 Å². The monoisotopic (exact) mass is 416 g/mol. The molecule has 2 atom stereocenters. The molecule has 1 fully saturated rings. The van der Waals surface area contributed by atoms with Crippen molar-refractivity contribution in [3.63, 3.8) is 0 Å². The van der Waals surface area contributed by atoms with Crippen LogP contribution >= 0.6 is 0 Å². The van der Waals surface area contributed by atoms with Crippen LogP contribution in [0.2, 0.25) is 58.9 Å². The van der Waals surface area contributed by atoms with Crippen LogP contribution in [0.25, 0.3) is 0 Å². The van der Waals surface area contributed by atoms with E-state index in [1.54, 1.807) is 0 Å². The molecule has 0 aromatic rings. The van der Waals surface area contributed by atoms with E-state index in [4.69, 9.17) is 4.43 Å². The number of hydrogen-bond acceptors (Lipinski definition) is 2. The van der Waals surface area contributed by atoms with Gasteiger partial charge in [-0.05, 0) is 18.8 Å². The Morgan fingerprint density at radius 2 is 1.20 bits per heavy atom. The van der Waals surface area contributed by atoms with Crippen LogP contribution in [-0.4, -0.2) is 42.0 Å². The third-order valence-electron chi connectivity index (χ3n) is 6.33. The van der Waals surface area contributed by atoms with Crippen LogP contribution in [0.15, 0.2) is 0 Å². The maximum absolute atomic E-state index is 11.8. The van der Waals surface area contributed by atoms with E-state index in [1.807, 2.05) is 0 Å². The van der Waals surface area contributed by atoms with Gasteiger partial charge in [-0.3, -0.25) is 0 Å². The molecule has 0 saturated heterocycles. The van der Waals surface area contributed by atoms with Gasteiger partial charge in [-0.25, -0.2) is 0 Å². The summed E-state index contributed by atoms with van der Waals surface area (Å²) in [6, 6.07) is 0. The van der Waals surface area contributed by atoms with Gasteiger partial charge in [0.1, 0.15) is 6.29 Å². The fourth-order valence-electron chi connectivity index (χ4n) is 6.28. The average Bonchev–Trinajstić information content (AvgIpc) is 2.44. The van der Waals surface area contributed by atoms with Gasteiger partial charge in [0.15, 0.2) is 6.87 Å². The number of carbonyl (C=O) groups excluding carboxylic acids is 1. The van der Waals surface area contributed by atoms with E-state index in [1.165, 1.54) is 38.4 Å². The third kappa shape index (κ3) is 4.86. The molecule has 2 nitrogen and oxygen atoms in total. The van der Waals surface area contributed by atoms with Crippen molar-refractivity contribution in [1.82, 2.24) is 0 Å². The van der Waals surface area contributed by atoms with Crippen LogP contribution in [0.1, 0.15) is 39.0 Å². The van der Waals surface area contributed by atoms with Gasteiger partial charge in [-0.15, -0.1) is 0 Å². The first-order chi connectivity index (χ1) is 11.2. The Kier molecular flexibility index (Phi) is 7.76. The maximum Gasteiger partial charge on any atom is 0.158 e. The minimum absolute atomic E-state index is 0.0408. The normalized spacial score (nSPS) is 21.0. The summed E-state index contributed by atoms with van der Waals surface area (Å²) in [4.78, 5) is 11.8. The zero-order valence-corrected chi connectivity index (χ0v) is 22.7. The molecule has 0 spiro atoms. The first-order valence-electron chi connectivity index (χ1n) is 10.3. The van der Waals surface area contributed by atoms with Crippen LogP contribution in [0.4, 0.5) is 0 Å². The molecular weight excluding hydrogens is 373 g/mol. The summed E-state index contributed by atoms with van der Waals surface area (Å²) >= 11 is 0. The number of rotatable bonds is 8. The van der Waals surface area contributed by atoms with Gasteiger partial charge in [0.25, 0.3) is 0 Å². The highest BCUT2D eigenvalue weighted by Gasteiger charge is 2.65. The molecule has 0 radical (unpaired) electrons. The van der Waals surface area contributed by atoms with Gasteiger partial charge in [0.2, 0.25) is 0 Å². The van der Waals surface area contributed by atoms with Gasteiger partial charge in [0.05, 0.1) is 28.9 Å². The zero-order valence-electron chi connectivity index (χ0n) is 18.7. The quantitative estimate of drug-likeness (QED) is 0.359. The smallest absolute Gasteiger partial charge is 0.158 e. The molecule has 0 aromatic carbocycles. The van der Waals surface area contributed by atoms with Crippen LogP contribution < -0.4 is 0 Å². The molecule has 6 heteroatoms. The van der Waals surface area contributed by atoms with E-state index in [0.717, 1.165) is 0 Å². The molecule has 0 aromatic heterocycles. The maximum atomic E-state index is 11.8. The van der Waals surface area contributed by atoms with E-state index >= 15 is 0 Å². The van der Waals surface area contributed by atoms with E-state index < -0.39 is 29.6 Å². The summed E-state index contributed by atoms with van der Waals surface area (Å²) < 4.78 is 7.52. The van der Waals surface area contributed by atoms with E-state index in [-0.39, 0.29) is 12.0 Å². The lowest BCUT2D eigenvalue weighted by molar-refractivity contribution is -0.114. The standard InChI is InChI=1S/C19H44O2Si4/c1-17(16-20)19(18-14-12-11-13-15-18)21-25(22(2,3)4,23(5,6)7)24(8,9)10/h16-19H,11-15H2,1-10H3/t17-,19+/m0/s1. The van der Waals surface area contributed by atoms with E-state index in [0.29, 0.717) is 5.92 Å². The Morgan fingerprint density at radius 3 is 1.52 bits per heavy atom. The number of carbonyl (C=O) groups is 1. The highest BCUT2D eigenvalue weighted by molar-refractivity contribution is 7.87. The molecule has 0 amide bonds. The van der Waals surface area contributed by atoms with E-state index in [2.05, 4.69) is 65.8 Å². The van der Waals surface area contributed by atoms with Crippen molar-refractivity contribution in [3.8, 4) is 0 Å². The Morgan fingerprint density at radius 1 is 0.800 bits per heavy atom. The second-order valence-corrected chi connectivity index (χ2v) is 50.8. The molecule has 0 heterocycles.